The third-order valence-electron chi connectivity index (χ3n) is 4.63. The van der Waals surface area contributed by atoms with E-state index in [0.29, 0.717) is 30.6 Å². The third-order valence-corrected chi connectivity index (χ3v) is 4.63. The molecule has 1 fully saturated rings. The molecule has 0 bridgehead atoms. The van der Waals surface area contributed by atoms with E-state index in [0.717, 1.165) is 5.56 Å². The van der Waals surface area contributed by atoms with E-state index in [2.05, 4.69) is 0 Å². The molecular formula is C21H24O4. The Bertz CT molecular complexity index is 690. The Hall–Kier alpha value is -2.49. The lowest BCUT2D eigenvalue weighted by Crippen LogP contribution is -2.15. The first-order valence-electron chi connectivity index (χ1n) is 8.89. The molecule has 4 heteroatoms. The van der Waals surface area contributed by atoms with Crippen molar-refractivity contribution in [1.29, 1.82) is 0 Å². The molecule has 1 aliphatic carbocycles. The minimum absolute atomic E-state index is 0.154. The van der Waals surface area contributed by atoms with E-state index >= 15 is 0 Å². The summed E-state index contributed by atoms with van der Waals surface area (Å²) in [6.45, 7) is 1.01. The second kappa shape index (κ2) is 8.56. The van der Waals surface area contributed by atoms with Gasteiger partial charge in [0.1, 0.15) is 23.7 Å². The highest BCUT2D eigenvalue weighted by Crippen LogP contribution is 2.28. The van der Waals surface area contributed by atoms with Crippen LogP contribution in [-0.4, -0.2) is 17.7 Å². The summed E-state index contributed by atoms with van der Waals surface area (Å²) < 4.78 is 11.7. The molecule has 0 aromatic heterocycles. The van der Waals surface area contributed by atoms with E-state index < -0.39 is 5.97 Å². The maximum absolute atomic E-state index is 11.4. The highest BCUT2D eigenvalue weighted by Gasteiger charge is 2.16. The van der Waals surface area contributed by atoms with Gasteiger partial charge < -0.3 is 14.6 Å². The molecule has 0 heterocycles. The first-order valence-corrected chi connectivity index (χ1v) is 8.89. The maximum atomic E-state index is 11.4. The third kappa shape index (κ3) is 4.99. The van der Waals surface area contributed by atoms with E-state index in [-0.39, 0.29) is 5.56 Å². The number of benzene rings is 2. The Morgan fingerprint density at radius 3 is 2.48 bits per heavy atom. The Morgan fingerprint density at radius 1 is 1.00 bits per heavy atom. The van der Waals surface area contributed by atoms with Crippen molar-refractivity contribution in [3.63, 3.8) is 0 Å². The fourth-order valence-electron chi connectivity index (χ4n) is 3.19. The molecule has 1 N–H and O–H groups in total. The fourth-order valence-corrected chi connectivity index (χ4v) is 3.19. The lowest BCUT2D eigenvalue weighted by molar-refractivity contribution is 0.0691. The molecular weight excluding hydrogens is 316 g/mol. The van der Waals surface area contributed by atoms with Crippen molar-refractivity contribution in [2.45, 2.75) is 38.7 Å². The zero-order chi connectivity index (χ0) is 17.5. The van der Waals surface area contributed by atoms with Gasteiger partial charge in [0, 0.05) is 6.07 Å². The largest absolute Gasteiger partial charge is 0.493 e. The molecule has 2 aromatic carbocycles. The van der Waals surface area contributed by atoms with E-state index in [4.69, 9.17) is 9.47 Å². The van der Waals surface area contributed by atoms with Gasteiger partial charge in [-0.2, -0.15) is 0 Å². The predicted molar refractivity (Wildman–Crippen MR) is 96.2 cm³/mol. The van der Waals surface area contributed by atoms with Gasteiger partial charge >= 0.3 is 5.97 Å². The molecule has 1 aliphatic rings. The lowest BCUT2D eigenvalue weighted by Gasteiger charge is -2.22. The van der Waals surface area contributed by atoms with Crippen LogP contribution >= 0.6 is 0 Å². The fraction of sp³-hybridized carbons (Fsp3) is 0.381. The lowest BCUT2D eigenvalue weighted by atomic mass is 9.90. The summed E-state index contributed by atoms with van der Waals surface area (Å²) >= 11 is 0. The second-order valence-electron chi connectivity index (χ2n) is 6.55. The average Bonchev–Trinajstić information content (AvgIpc) is 2.66. The number of rotatable bonds is 7. The average molecular weight is 340 g/mol. The Morgan fingerprint density at radius 2 is 1.76 bits per heavy atom. The first-order chi connectivity index (χ1) is 12.2. The van der Waals surface area contributed by atoms with Gasteiger partial charge in [0.15, 0.2) is 0 Å². The van der Waals surface area contributed by atoms with Crippen LogP contribution in [-0.2, 0) is 6.61 Å². The molecule has 132 valence electrons. The topological polar surface area (TPSA) is 55.8 Å². The van der Waals surface area contributed by atoms with Crippen LogP contribution < -0.4 is 9.47 Å². The highest BCUT2D eigenvalue weighted by molar-refractivity contribution is 5.91. The molecule has 4 nitrogen and oxygen atoms in total. The van der Waals surface area contributed by atoms with E-state index in [1.807, 2.05) is 30.3 Å². The number of carboxylic acid groups (broad SMARTS) is 1. The van der Waals surface area contributed by atoms with Crippen LogP contribution in [0.1, 0.15) is 48.0 Å². The van der Waals surface area contributed by atoms with Gasteiger partial charge in [-0.25, -0.2) is 4.79 Å². The van der Waals surface area contributed by atoms with Gasteiger partial charge in [0.25, 0.3) is 0 Å². The molecule has 0 spiro atoms. The SMILES string of the molecule is O=C(O)c1ccc(OCC2CCCCC2)cc1OCc1ccccc1. The smallest absolute Gasteiger partial charge is 0.339 e. The van der Waals surface area contributed by atoms with Gasteiger partial charge in [0.2, 0.25) is 0 Å². The molecule has 1 saturated carbocycles. The van der Waals surface area contributed by atoms with Crippen molar-refractivity contribution in [2.75, 3.05) is 6.61 Å². The van der Waals surface area contributed by atoms with Crippen molar-refractivity contribution in [1.82, 2.24) is 0 Å². The van der Waals surface area contributed by atoms with Gasteiger partial charge in [-0.1, -0.05) is 49.6 Å². The van der Waals surface area contributed by atoms with Gasteiger partial charge in [-0.15, -0.1) is 0 Å². The zero-order valence-corrected chi connectivity index (χ0v) is 14.3. The molecule has 0 aliphatic heterocycles. The quantitative estimate of drug-likeness (QED) is 0.777. The molecule has 0 radical (unpaired) electrons. The summed E-state index contributed by atoms with van der Waals surface area (Å²) in [4.78, 5) is 11.4. The maximum Gasteiger partial charge on any atom is 0.339 e. The molecule has 2 aromatic rings. The van der Waals surface area contributed by atoms with Gasteiger partial charge in [-0.3, -0.25) is 0 Å². The molecule has 0 atom stereocenters. The predicted octanol–water partition coefficient (Wildman–Crippen LogP) is 4.92. The van der Waals surface area contributed by atoms with E-state index in [9.17, 15) is 9.90 Å². The van der Waals surface area contributed by atoms with Crippen molar-refractivity contribution >= 4 is 5.97 Å². The molecule has 0 saturated heterocycles. The Balaban J connectivity index is 1.67. The number of hydrogen-bond donors (Lipinski definition) is 1. The van der Waals surface area contributed by atoms with Gasteiger partial charge in [0.05, 0.1) is 6.61 Å². The van der Waals surface area contributed by atoms with Crippen LogP contribution in [0.2, 0.25) is 0 Å². The minimum Gasteiger partial charge on any atom is -0.493 e. The summed E-state index contributed by atoms with van der Waals surface area (Å²) in [5.74, 6) is 0.611. The molecule has 25 heavy (non-hydrogen) atoms. The van der Waals surface area contributed by atoms with Crippen molar-refractivity contribution in [3.05, 3.63) is 59.7 Å². The van der Waals surface area contributed by atoms with Crippen molar-refractivity contribution in [3.8, 4) is 11.5 Å². The van der Waals surface area contributed by atoms with Crippen LogP contribution in [0.5, 0.6) is 11.5 Å². The van der Waals surface area contributed by atoms with Crippen LogP contribution in [0.15, 0.2) is 48.5 Å². The van der Waals surface area contributed by atoms with Crippen molar-refractivity contribution in [2.24, 2.45) is 5.92 Å². The molecule has 3 rings (SSSR count). The van der Waals surface area contributed by atoms with Crippen LogP contribution in [0, 0.1) is 5.92 Å². The monoisotopic (exact) mass is 340 g/mol. The number of carboxylic acids is 1. The zero-order valence-electron chi connectivity index (χ0n) is 14.3. The first kappa shape index (κ1) is 17.3. The molecule has 0 unspecified atom stereocenters. The van der Waals surface area contributed by atoms with Crippen LogP contribution in [0.3, 0.4) is 0 Å². The van der Waals surface area contributed by atoms with E-state index in [1.165, 1.54) is 32.1 Å². The Kier molecular flexibility index (Phi) is 5.94. The van der Waals surface area contributed by atoms with E-state index in [1.54, 1.807) is 18.2 Å². The normalized spacial score (nSPS) is 14.9. The number of carbonyl (C=O) groups is 1. The summed E-state index contributed by atoms with van der Waals surface area (Å²) in [6.07, 6.45) is 6.30. The summed E-state index contributed by atoms with van der Waals surface area (Å²) in [5, 5.41) is 9.37. The minimum atomic E-state index is -0.998. The standard InChI is InChI=1S/C21H24O4/c22-21(23)19-12-11-18(24-14-16-7-3-1-4-8-16)13-20(19)25-15-17-9-5-2-6-10-17/h2,5-6,9-13,16H,1,3-4,7-8,14-15H2,(H,22,23). The summed E-state index contributed by atoms with van der Waals surface area (Å²) in [7, 11) is 0. The highest BCUT2D eigenvalue weighted by atomic mass is 16.5. The summed E-state index contributed by atoms with van der Waals surface area (Å²) in [5.41, 5.74) is 1.15. The number of ether oxygens (including phenoxy) is 2. The van der Waals surface area contributed by atoms with Crippen LogP contribution in [0.25, 0.3) is 0 Å². The molecule has 0 amide bonds. The summed E-state index contributed by atoms with van der Waals surface area (Å²) in [6, 6.07) is 14.6. The second-order valence-corrected chi connectivity index (χ2v) is 6.55. The van der Waals surface area contributed by atoms with Crippen LogP contribution in [0.4, 0.5) is 0 Å². The number of aromatic carboxylic acids is 1. The number of hydrogen-bond acceptors (Lipinski definition) is 3. The van der Waals surface area contributed by atoms with Gasteiger partial charge in [-0.05, 0) is 36.5 Å². The Labute approximate surface area is 148 Å². The van der Waals surface area contributed by atoms with Crippen molar-refractivity contribution < 1.29 is 19.4 Å².